The first kappa shape index (κ1) is 15.4. The Bertz CT molecular complexity index is 572. The summed E-state index contributed by atoms with van der Waals surface area (Å²) in [5.74, 6) is 1.57. The molecule has 2 aromatic rings. The quantitative estimate of drug-likeness (QED) is 0.633. The zero-order chi connectivity index (χ0) is 15.1. The van der Waals surface area contributed by atoms with Crippen molar-refractivity contribution in [2.24, 2.45) is 0 Å². The fourth-order valence-corrected chi connectivity index (χ4v) is 2.45. The molecule has 0 aliphatic carbocycles. The van der Waals surface area contributed by atoms with Gasteiger partial charge in [-0.15, -0.1) is 11.8 Å². The fourth-order valence-electron chi connectivity index (χ4n) is 1.72. The first-order valence-electron chi connectivity index (χ1n) is 6.68. The van der Waals surface area contributed by atoms with Crippen molar-refractivity contribution < 1.29 is 4.79 Å². The molecule has 7 heteroatoms. The topological polar surface area (TPSA) is 73.9 Å². The number of aryl methyl sites for hydroxylation is 1. The highest BCUT2D eigenvalue weighted by Gasteiger charge is 2.09. The Kier molecular flexibility index (Phi) is 5.62. The van der Waals surface area contributed by atoms with Gasteiger partial charge in [0.05, 0.1) is 11.6 Å². The van der Waals surface area contributed by atoms with Gasteiger partial charge in [0, 0.05) is 37.4 Å². The minimum atomic E-state index is -0.106. The van der Waals surface area contributed by atoms with E-state index < -0.39 is 0 Å². The summed E-state index contributed by atoms with van der Waals surface area (Å²) in [5.41, 5.74) is 0.991. The molecule has 2 N–H and O–H groups in total. The van der Waals surface area contributed by atoms with Crippen LogP contribution in [0.3, 0.4) is 0 Å². The zero-order valence-corrected chi connectivity index (χ0v) is 13.0. The molecule has 2 heterocycles. The van der Waals surface area contributed by atoms with Gasteiger partial charge in [0.1, 0.15) is 5.82 Å². The highest BCUT2D eigenvalue weighted by Crippen LogP contribution is 2.12. The van der Waals surface area contributed by atoms with E-state index in [1.807, 2.05) is 25.1 Å². The lowest BCUT2D eigenvalue weighted by Crippen LogP contribution is -2.38. The molecular weight excluding hydrogens is 286 g/mol. The number of imidazole rings is 1. The highest BCUT2D eigenvalue weighted by molar-refractivity contribution is 7.99. The summed E-state index contributed by atoms with van der Waals surface area (Å²) in [5, 5.41) is 3.84. The average molecular weight is 305 g/mol. The molecule has 0 spiro atoms. The Morgan fingerprint density at radius 3 is 2.95 bits per heavy atom. The van der Waals surface area contributed by atoms with Crippen LogP contribution in [0.25, 0.3) is 0 Å². The van der Waals surface area contributed by atoms with Gasteiger partial charge in [0.25, 0.3) is 0 Å². The average Bonchev–Trinajstić information content (AvgIpc) is 2.89. The molecule has 0 aliphatic rings. The SMILES string of the molecule is Cc1cnc(CN(C)C(=O)NCCSc2ccccn2)[nH]1. The Balaban J connectivity index is 1.67. The molecule has 0 fully saturated rings. The Morgan fingerprint density at radius 2 is 2.29 bits per heavy atom. The van der Waals surface area contributed by atoms with Gasteiger partial charge in [-0.25, -0.2) is 14.8 Å². The van der Waals surface area contributed by atoms with Gasteiger partial charge in [-0.1, -0.05) is 6.07 Å². The summed E-state index contributed by atoms with van der Waals surface area (Å²) >= 11 is 1.62. The number of hydrogen-bond acceptors (Lipinski definition) is 4. The second-order valence-corrected chi connectivity index (χ2v) is 5.73. The summed E-state index contributed by atoms with van der Waals surface area (Å²) in [6.07, 6.45) is 3.52. The number of amides is 2. The number of aromatic nitrogens is 3. The summed E-state index contributed by atoms with van der Waals surface area (Å²) in [6, 6.07) is 5.69. The third-order valence-electron chi connectivity index (χ3n) is 2.76. The Labute approximate surface area is 128 Å². The standard InChI is InChI=1S/C14H19N5OS/c1-11-9-17-12(18-11)10-19(2)14(20)16-7-8-21-13-5-3-4-6-15-13/h3-6,9H,7-8,10H2,1-2H3,(H,16,20)(H,17,18). The van der Waals surface area contributed by atoms with E-state index in [4.69, 9.17) is 0 Å². The Hall–Kier alpha value is -2.02. The van der Waals surface area contributed by atoms with E-state index in [1.165, 1.54) is 0 Å². The molecular formula is C14H19N5OS. The van der Waals surface area contributed by atoms with Crippen LogP contribution in [0.4, 0.5) is 4.79 Å². The van der Waals surface area contributed by atoms with Gasteiger partial charge >= 0.3 is 6.03 Å². The molecule has 0 bridgehead atoms. The Morgan fingerprint density at radius 1 is 1.43 bits per heavy atom. The lowest BCUT2D eigenvalue weighted by Gasteiger charge is -2.16. The van der Waals surface area contributed by atoms with E-state index in [9.17, 15) is 4.79 Å². The fraction of sp³-hybridized carbons (Fsp3) is 0.357. The van der Waals surface area contributed by atoms with Gasteiger partial charge < -0.3 is 15.2 Å². The van der Waals surface area contributed by atoms with Crippen LogP contribution in [-0.2, 0) is 6.54 Å². The minimum Gasteiger partial charge on any atom is -0.345 e. The van der Waals surface area contributed by atoms with Gasteiger partial charge in [-0.3, -0.25) is 0 Å². The van der Waals surface area contributed by atoms with Crippen LogP contribution in [0, 0.1) is 6.92 Å². The number of H-pyrrole nitrogens is 1. The molecule has 0 saturated heterocycles. The monoisotopic (exact) mass is 305 g/mol. The summed E-state index contributed by atoms with van der Waals surface area (Å²) < 4.78 is 0. The van der Waals surface area contributed by atoms with Crippen molar-refractivity contribution in [2.45, 2.75) is 18.5 Å². The largest absolute Gasteiger partial charge is 0.345 e. The molecule has 6 nitrogen and oxygen atoms in total. The van der Waals surface area contributed by atoms with Crippen LogP contribution >= 0.6 is 11.8 Å². The minimum absolute atomic E-state index is 0.106. The number of thioether (sulfide) groups is 1. The number of carbonyl (C=O) groups excluding carboxylic acids is 1. The second-order valence-electron chi connectivity index (χ2n) is 4.62. The molecule has 0 saturated carbocycles. The molecule has 0 atom stereocenters. The van der Waals surface area contributed by atoms with Gasteiger partial charge in [0.15, 0.2) is 0 Å². The van der Waals surface area contributed by atoms with E-state index in [2.05, 4.69) is 20.3 Å². The van der Waals surface area contributed by atoms with E-state index in [0.717, 1.165) is 22.3 Å². The van der Waals surface area contributed by atoms with E-state index >= 15 is 0 Å². The van der Waals surface area contributed by atoms with Crippen LogP contribution in [0.2, 0.25) is 0 Å². The lowest BCUT2D eigenvalue weighted by atomic mass is 10.5. The number of aromatic amines is 1. The van der Waals surface area contributed by atoms with Crippen molar-refractivity contribution in [3.05, 3.63) is 42.1 Å². The van der Waals surface area contributed by atoms with Crippen molar-refractivity contribution in [2.75, 3.05) is 19.3 Å². The molecule has 0 aromatic carbocycles. The lowest BCUT2D eigenvalue weighted by molar-refractivity contribution is 0.206. The second kappa shape index (κ2) is 7.68. The van der Waals surface area contributed by atoms with Crippen LogP contribution in [-0.4, -0.2) is 45.2 Å². The summed E-state index contributed by atoms with van der Waals surface area (Å²) in [4.78, 5) is 25.0. The molecule has 21 heavy (non-hydrogen) atoms. The van der Waals surface area contributed by atoms with Crippen LogP contribution in [0.5, 0.6) is 0 Å². The predicted octanol–water partition coefficient (Wildman–Crippen LogP) is 2.05. The van der Waals surface area contributed by atoms with Crippen molar-refractivity contribution in [3.8, 4) is 0 Å². The van der Waals surface area contributed by atoms with Crippen LogP contribution in [0.1, 0.15) is 11.5 Å². The third-order valence-corrected chi connectivity index (χ3v) is 3.70. The van der Waals surface area contributed by atoms with Crippen LogP contribution < -0.4 is 5.32 Å². The van der Waals surface area contributed by atoms with Crippen molar-refractivity contribution in [1.82, 2.24) is 25.2 Å². The maximum Gasteiger partial charge on any atom is 0.317 e. The number of hydrogen-bond donors (Lipinski definition) is 2. The van der Waals surface area contributed by atoms with E-state index in [1.54, 1.807) is 36.1 Å². The molecule has 0 radical (unpaired) electrons. The predicted molar refractivity (Wildman–Crippen MR) is 83.2 cm³/mol. The molecule has 2 aromatic heterocycles. The molecule has 112 valence electrons. The first-order valence-corrected chi connectivity index (χ1v) is 7.67. The molecule has 0 unspecified atom stereocenters. The maximum absolute atomic E-state index is 11.9. The number of urea groups is 1. The smallest absolute Gasteiger partial charge is 0.317 e. The highest BCUT2D eigenvalue weighted by atomic mass is 32.2. The van der Waals surface area contributed by atoms with Gasteiger partial charge in [0.2, 0.25) is 0 Å². The maximum atomic E-state index is 11.9. The number of nitrogens with one attached hydrogen (secondary N) is 2. The first-order chi connectivity index (χ1) is 10.1. The molecule has 2 rings (SSSR count). The number of nitrogens with zero attached hydrogens (tertiary/aromatic N) is 3. The van der Waals surface area contributed by atoms with E-state index in [-0.39, 0.29) is 6.03 Å². The number of pyridine rings is 1. The van der Waals surface area contributed by atoms with Crippen molar-refractivity contribution in [1.29, 1.82) is 0 Å². The summed E-state index contributed by atoms with van der Waals surface area (Å²) in [6.45, 7) is 3.00. The third kappa shape index (κ3) is 5.11. The van der Waals surface area contributed by atoms with Gasteiger partial charge in [-0.05, 0) is 19.1 Å². The normalized spacial score (nSPS) is 10.4. The van der Waals surface area contributed by atoms with Crippen LogP contribution in [0.15, 0.2) is 35.6 Å². The summed E-state index contributed by atoms with van der Waals surface area (Å²) in [7, 11) is 1.75. The van der Waals surface area contributed by atoms with Crippen molar-refractivity contribution in [3.63, 3.8) is 0 Å². The zero-order valence-electron chi connectivity index (χ0n) is 12.2. The molecule has 0 aliphatic heterocycles. The number of rotatable bonds is 6. The number of carbonyl (C=O) groups is 1. The van der Waals surface area contributed by atoms with Gasteiger partial charge in [-0.2, -0.15) is 0 Å². The van der Waals surface area contributed by atoms with Crippen molar-refractivity contribution >= 4 is 17.8 Å². The molecule has 2 amide bonds. The van der Waals surface area contributed by atoms with E-state index in [0.29, 0.717) is 13.1 Å².